The molecule has 0 saturated heterocycles. The molecule has 0 fully saturated rings. The molecule has 3 unspecified atom stereocenters. The van der Waals surface area contributed by atoms with Crippen LogP contribution in [0.5, 0.6) is 5.75 Å². The van der Waals surface area contributed by atoms with Crippen LogP contribution in [0.3, 0.4) is 0 Å². The van der Waals surface area contributed by atoms with Crippen LogP contribution in [0, 0.1) is 5.92 Å². The maximum absolute atomic E-state index is 6.51. The predicted molar refractivity (Wildman–Crippen MR) is 105 cm³/mol. The molecule has 2 aromatic carbocycles. The molecule has 2 aliphatic rings. The number of nitrogens with one attached hydrogen (secondary N) is 1. The zero-order valence-electron chi connectivity index (χ0n) is 13.7. The van der Waals surface area contributed by atoms with Crippen LogP contribution in [0.2, 0.25) is 10.0 Å². The Morgan fingerprint density at radius 3 is 2.88 bits per heavy atom. The summed E-state index contributed by atoms with van der Waals surface area (Å²) >= 11 is 12.6. The lowest BCUT2D eigenvalue weighted by atomic mass is 9.77. The SMILES string of the molecule is C=CCOc1cccc2c1NC(c1ccc(Cl)cc1Cl)C1CC=CC21. The smallest absolute Gasteiger partial charge is 0.143 e. The largest absolute Gasteiger partial charge is 0.487 e. The average Bonchev–Trinajstić information content (AvgIpc) is 3.09. The molecule has 0 spiro atoms. The Balaban J connectivity index is 1.79. The maximum Gasteiger partial charge on any atom is 0.143 e. The van der Waals surface area contributed by atoms with Gasteiger partial charge in [-0.2, -0.15) is 0 Å². The fourth-order valence-corrected chi connectivity index (χ4v) is 4.45. The summed E-state index contributed by atoms with van der Waals surface area (Å²) in [6.07, 6.45) is 7.35. The lowest BCUT2D eigenvalue weighted by Crippen LogP contribution is -2.29. The van der Waals surface area contributed by atoms with E-state index in [2.05, 4.69) is 36.2 Å². The van der Waals surface area contributed by atoms with Gasteiger partial charge in [0.1, 0.15) is 12.4 Å². The van der Waals surface area contributed by atoms with E-state index in [4.69, 9.17) is 27.9 Å². The standard InChI is InChI=1S/C21H19Cl2NO/c1-2-11-25-19-8-4-7-16-14-5-3-6-15(14)20(24-21(16)19)17-10-9-13(22)12-18(17)23/h2-5,7-10,12,14-15,20,24H,1,6,11H2. The average molecular weight is 372 g/mol. The highest BCUT2D eigenvalue weighted by Gasteiger charge is 2.39. The molecule has 4 heteroatoms. The molecule has 0 bridgehead atoms. The fraction of sp³-hybridized carbons (Fsp3) is 0.238. The van der Waals surface area contributed by atoms with Crippen LogP contribution in [0.4, 0.5) is 5.69 Å². The van der Waals surface area contributed by atoms with Crippen molar-refractivity contribution in [1.29, 1.82) is 0 Å². The van der Waals surface area contributed by atoms with Crippen LogP contribution < -0.4 is 10.1 Å². The van der Waals surface area contributed by atoms with Gasteiger partial charge in [-0.3, -0.25) is 0 Å². The molecule has 2 aromatic rings. The third-order valence-electron chi connectivity index (χ3n) is 5.01. The van der Waals surface area contributed by atoms with E-state index in [9.17, 15) is 0 Å². The zero-order chi connectivity index (χ0) is 17.4. The minimum Gasteiger partial charge on any atom is -0.487 e. The van der Waals surface area contributed by atoms with Crippen molar-refractivity contribution in [3.05, 3.63) is 82.4 Å². The molecule has 25 heavy (non-hydrogen) atoms. The van der Waals surface area contributed by atoms with Gasteiger partial charge in [0.25, 0.3) is 0 Å². The van der Waals surface area contributed by atoms with Crippen molar-refractivity contribution < 1.29 is 4.74 Å². The Kier molecular flexibility index (Phi) is 4.49. The van der Waals surface area contributed by atoms with E-state index in [-0.39, 0.29) is 6.04 Å². The summed E-state index contributed by atoms with van der Waals surface area (Å²) in [5.74, 6) is 1.65. The minimum atomic E-state index is 0.116. The summed E-state index contributed by atoms with van der Waals surface area (Å²) in [5.41, 5.74) is 3.41. The molecule has 0 saturated carbocycles. The molecule has 1 N–H and O–H groups in total. The molecule has 3 atom stereocenters. The van der Waals surface area contributed by atoms with Crippen LogP contribution in [-0.4, -0.2) is 6.61 Å². The van der Waals surface area contributed by atoms with E-state index in [1.54, 1.807) is 6.08 Å². The first-order valence-electron chi connectivity index (χ1n) is 8.44. The summed E-state index contributed by atoms with van der Waals surface area (Å²) in [6, 6.07) is 12.1. The van der Waals surface area contributed by atoms with Gasteiger partial charge >= 0.3 is 0 Å². The van der Waals surface area contributed by atoms with E-state index >= 15 is 0 Å². The van der Waals surface area contributed by atoms with Crippen LogP contribution in [-0.2, 0) is 0 Å². The second-order valence-electron chi connectivity index (χ2n) is 6.46. The fourth-order valence-electron chi connectivity index (χ4n) is 3.92. The number of benzene rings is 2. The van der Waals surface area contributed by atoms with Gasteiger partial charge in [0.05, 0.1) is 11.7 Å². The number of halogens is 2. The van der Waals surface area contributed by atoms with Gasteiger partial charge in [-0.25, -0.2) is 0 Å². The number of hydrogen-bond acceptors (Lipinski definition) is 2. The van der Waals surface area contributed by atoms with Crippen molar-refractivity contribution in [1.82, 2.24) is 0 Å². The number of para-hydroxylation sites is 1. The summed E-state index contributed by atoms with van der Waals surface area (Å²) in [4.78, 5) is 0. The highest BCUT2D eigenvalue weighted by molar-refractivity contribution is 6.35. The molecule has 0 aromatic heterocycles. The van der Waals surface area contributed by atoms with Gasteiger partial charge in [-0.1, -0.05) is 66.2 Å². The van der Waals surface area contributed by atoms with Gasteiger partial charge in [-0.15, -0.1) is 0 Å². The molecule has 1 heterocycles. The Hall–Kier alpha value is -1.90. The summed E-state index contributed by atoms with van der Waals surface area (Å²) in [7, 11) is 0. The van der Waals surface area contributed by atoms with Crippen LogP contribution in [0.1, 0.15) is 29.5 Å². The summed E-state index contributed by atoms with van der Waals surface area (Å²) < 4.78 is 5.88. The van der Waals surface area contributed by atoms with Crippen LogP contribution in [0.15, 0.2) is 61.2 Å². The Labute approximate surface area is 158 Å². The first kappa shape index (κ1) is 16.6. The Bertz CT molecular complexity index is 846. The molecule has 128 valence electrons. The first-order valence-corrected chi connectivity index (χ1v) is 9.19. The quantitative estimate of drug-likeness (QED) is 0.629. The van der Waals surface area contributed by atoms with E-state index in [1.807, 2.05) is 24.3 Å². The molecule has 0 radical (unpaired) electrons. The number of hydrogen-bond donors (Lipinski definition) is 1. The van der Waals surface area contributed by atoms with Crippen molar-refractivity contribution in [2.75, 3.05) is 11.9 Å². The first-order chi connectivity index (χ1) is 12.2. The van der Waals surface area contributed by atoms with Gasteiger partial charge in [0.2, 0.25) is 0 Å². The lowest BCUT2D eigenvalue weighted by Gasteiger charge is -2.38. The predicted octanol–water partition coefficient (Wildman–Crippen LogP) is 6.38. The van der Waals surface area contributed by atoms with Crippen LogP contribution in [0.25, 0.3) is 0 Å². The molecule has 0 amide bonds. The molecule has 2 nitrogen and oxygen atoms in total. The maximum atomic E-state index is 6.51. The molecule has 4 rings (SSSR count). The topological polar surface area (TPSA) is 21.3 Å². The third kappa shape index (κ3) is 2.94. The van der Waals surface area contributed by atoms with Gasteiger partial charge in [0.15, 0.2) is 0 Å². The number of ether oxygens (including phenoxy) is 1. The Morgan fingerprint density at radius 2 is 2.08 bits per heavy atom. The van der Waals surface area contributed by atoms with Crippen molar-refractivity contribution >= 4 is 28.9 Å². The van der Waals surface area contributed by atoms with E-state index in [0.717, 1.165) is 23.4 Å². The number of allylic oxidation sites excluding steroid dienone is 2. The van der Waals surface area contributed by atoms with Crippen molar-refractivity contribution in [3.63, 3.8) is 0 Å². The van der Waals surface area contributed by atoms with Crippen molar-refractivity contribution in [2.24, 2.45) is 5.92 Å². The van der Waals surface area contributed by atoms with Gasteiger partial charge < -0.3 is 10.1 Å². The van der Waals surface area contributed by atoms with Crippen molar-refractivity contribution in [3.8, 4) is 5.75 Å². The second-order valence-corrected chi connectivity index (χ2v) is 7.31. The number of rotatable bonds is 4. The third-order valence-corrected chi connectivity index (χ3v) is 5.58. The molecular formula is C21H19Cl2NO. The van der Waals surface area contributed by atoms with E-state index in [1.165, 1.54) is 5.56 Å². The number of fused-ring (bicyclic) bond motifs is 3. The summed E-state index contributed by atoms with van der Waals surface area (Å²) in [5, 5.41) is 5.05. The highest BCUT2D eigenvalue weighted by Crippen LogP contribution is 2.53. The van der Waals surface area contributed by atoms with E-state index in [0.29, 0.717) is 28.5 Å². The highest BCUT2D eigenvalue weighted by atomic mass is 35.5. The molecule has 1 aliphatic carbocycles. The summed E-state index contributed by atoms with van der Waals surface area (Å²) in [6.45, 7) is 4.22. The molecule has 1 aliphatic heterocycles. The van der Waals surface area contributed by atoms with Gasteiger partial charge in [0, 0.05) is 16.0 Å². The zero-order valence-corrected chi connectivity index (χ0v) is 15.2. The monoisotopic (exact) mass is 371 g/mol. The lowest BCUT2D eigenvalue weighted by molar-refractivity contribution is 0.358. The Morgan fingerprint density at radius 1 is 1.20 bits per heavy atom. The van der Waals surface area contributed by atoms with Crippen molar-refractivity contribution in [2.45, 2.75) is 18.4 Å². The minimum absolute atomic E-state index is 0.116. The molecular weight excluding hydrogens is 353 g/mol. The normalized spacial score (nSPS) is 23.5. The van der Waals surface area contributed by atoms with E-state index < -0.39 is 0 Å². The van der Waals surface area contributed by atoms with Gasteiger partial charge in [-0.05, 0) is 41.7 Å². The van der Waals surface area contributed by atoms with Crippen LogP contribution >= 0.6 is 23.2 Å². The second kappa shape index (κ2) is 6.78. The number of anilines is 1.